The lowest BCUT2D eigenvalue weighted by Gasteiger charge is -2.19. The number of carbonyl (C=O) groups excluding carboxylic acids is 1. The number of hydrogen-bond donors (Lipinski definition) is 2. The molecule has 0 unspecified atom stereocenters. The Balaban J connectivity index is 2.00. The summed E-state index contributed by atoms with van der Waals surface area (Å²) in [5, 5.41) is 11.7. The van der Waals surface area contributed by atoms with Crippen LogP contribution < -0.4 is 5.32 Å². The predicted octanol–water partition coefficient (Wildman–Crippen LogP) is 1.95. The molecule has 0 saturated heterocycles. The minimum absolute atomic E-state index is 0.0742. The Labute approximate surface area is 112 Å². The summed E-state index contributed by atoms with van der Waals surface area (Å²) in [5.41, 5.74) is 0.449. The van der Waals surface area contributed by atoms with E-state index in [2.05, 4.69) is 24.1 Å². The van der Waals surface area contributed by atoms with Crippen LogP contribution in [0.3, 0.4) is 0 Å². The maximum Gasteiger partial charge on any atom is 0.335 e. The van der Waals surface area contributed by atoms with E-state index in [1.54, 1.807) is 0 Å². The van der Waals surface area contributed by atoms with Gasteiger partial charge in [-0.25, -0.2) is 4.79 Å². The van der Waals surface area contributed by atoms with Crippen molar-refractivity contribution in [3.05, 3.63) is 29.6 Å². The van der Waals surface area contributed by atoms with Gasteiger partial charge in [-0.15, -0.1) is 0 Å². The van der Waals surface area contributed by atoms with E-state index in [-0.39, 0.29) is 22.6 Å². The van der Waals surface area contributed by atoms with Gasteiger partial charge < -0.3 is 10.4 Å². The zero-order chi connectivity index (χ0) is 14.0. The number of pyridine rings is 1. The lowest BCUT2D eigenvalue weighted by atomic mass is 9.92. The molecule has 1 fully saturated rings. The molecule has 5 heteroatoms. The standard InChI is InChI=1S/C14H18N2O3/c1-9(2)14(4-5-14)8-16-12(17)11-7-10(13(18)19)3-6-15-11/h3,6-7,9H,4-5,8H2,1-2H3,(H,16,17)(H,18,19). The molecule has 2 rings (SSSR count). The fourth-order valence-corrected chi connectivity index (χ4v) is 2.15. The monoisotopic (exact) mass is 262 g/mol. The van der Waals surface area contributed by atoms with E-state index in [1.807, 2.05) is 0 Å². The summed E-state index contributed by atoms with van der Waals surface area (Å²) in [6.45, 7) is 4.94. The summed E-state index contributed by atoms with van der Waals surface area (Å²) < 4.78 is 0. The molecule has 0 bridgehead atoms. The van der Waals surface area contributed by atoms with Crippen LogP contribution in [0.25, 0.3) is 0 Å². The third kappa shape index (κ3) is 2.92. The molecule has 102 valence electrons. The van der Waals surface area contributed by atoms with Crippen LogP contribution in [0.15, 0.2) is 18.3 Å². The minimum atomic E-state index is -1.06. The molecular formula is C14H18N2O3. The maximum atomic E-state index is 11.9. The van der Waals surface area contributed by atoms with Gasteiger partial charge in [-0.2, -0.15) is 0 Å². The average Bonchev–Trinajstić information content (AvgIpc) is 3.17. The minimum Gasteiger partial charge on any atom is -0.478 e. The number of carboxylic acids is 1. The molecule has 0 radical (unpaired) electrons. The number of aromatic nitrogens is 1. The van der Waals surface area contributed by atoms with Gasteiger partial charge in [0, 0.05) is 12.7 Å². The molecule has 1 amide bonds. The van der Waals surface area contributed by atoms with E-state index >= 15 is 0 Å². The highest BCUT2D eigenvalue weighted by Gasteiger charge is 2.45. The highest BCUT2D eigenvalue weighted by molar-refractivity contribution is 5.95. The molecule has 0 aliphatic heterocycles. The number of aromatic carboxylic acids is 1. The molecule has 1 aliphatic rings. The first-order valence-corrected chi connectivity index (χ1v) is 6.42. The molecule has 0 spiro atoms. The van der Waals surface area contributed by atoms with E-state index < -0.39 is 5.97 Å². The van der Waals surface area contributed by atoms with Crippen LogP contribution in [0.5, 0.6) is 0 Å². The normalized spacial score (nSPS) is 16.2. The second kappa shape index (κ2) is 4.99. The van der Waals surface area contributed by atoms with Crippen molar-refractivity contribution in [3.8, 4) is 0 Å². The van der Waals surface area contributed by atoms with Gasteiger partial charge in [0.05, 0.1) is 5.56 Å². The quantitative estimate of drug-likeness (QED) is 0.850. The van der Waals surface area contributed by atoms with Crippen LogP contribution in [-0.2, 0) is 0 Å². The van der Waals surface area contributed by atoms with Crippen LogP contribution in [0.1, 0.15) is 47.5 Å². The Kier molecular flexibility index (Phi) is 3.55. The Morgan fingerprint density at radius 1 is 1.47 bits per heavy atom. The van der Waals surface area contributed by atoms with E-state index in [0.29, 0.717) is 12.5 Å². The van der Waals surface area contributed by atoms with Gasteiger partial charge in [0.25, 0.3) is 5.91 Å². The van der Waals surface area contributed by atoms with Gasteiger partial charge in [-0.05, 0) is 36.3 Å². The van der Waals surface area contributed by atoms with Gasteiger partial charge in [-0.1, -0.05) is 13.8 Å². The fraction of sp³-hybridized carbons (Fsp3) is 0.500. The topological polar surface area (TPSA) is 79.3 Å². The smallest absolute Gasteiger partial charge is 0.335 e. The van der Waals surface area contributed by atoms with Crippen molar-refractivity contribution in [1.82, 2.24) is 10.3 Å². The SMILES string of the molecule is CC(C)C1(CNC(=O)c2cc(C(=O)O)ccn2)CC1. The van der Waals surface area contributed by atoms with E-state index in [4.69, 9.17) is 5.11 Å². The summed E-state index contributed by atoms with van der Waals surface area (Å²) >= 11 is 0. The Hall–Kier alpha value is -1.91. The number of hydrogen-bond acceptors (Lipinski definition) is 3. The van der Waals surface area contributed by atoms with Gasteiger partial charge >= 0.3 is 5.97 Å². The van der Waals surface area contributed by atoms with Crippen molar-refractivity contribution in [2.24, 2.45) is 11.3 Å². The Morgan fingerprint density at radius 2 is 2.16 bits per heavy atom. The molecule has 1 saturated carbocycles. The number of nitrogens with one attached hydrogen (secondary N) is 1. The number of amides is 1. The molecule has 2 N–H and O–H groups in total. The van der Waals surface area contributed by atoms with Gasteiger partial charge in [-0.3, -0.25) is 9.78 Å². The van der Waals surface area contributed by atoms with Crippen molar-refractivity contribution in [1.29, 1.82) is 0 Å². The van der Waals surface area contributed by atoms with Gasteiger partial charge in [0.2, 0.25) is 0 Å². The summed E-state index contributed by atoms with van der Waals surface area (Å²) in [5.74, 6) is -0.835. The molecule has 1 heterocycles. The molecule has 5 nitrogen and oxygen atoms in total. The second-order valence-corrected chi connectivity index (χ2v) is 5.43. The first-order valence-electron chi connectivity index (χ1n) is 6.42. The zero-order valence-electron chi connectivity index (χ0n) is 11.1. The van der Waals surface area contributed by atoms with Crippen molar-refractivity contribution in [2.45, 2.75) is 26.7 Å². The van der Waals surface area contributed by atoms with E-state index in [1.165, 1.54) is 18.3 Å². The first kappa shape index (κ1) is 13.5. The number of carbonyl (C=O) groups is 2. The van der Waals surface area contributed by atoms with Gasteiger partial charge in [0.15, 0.2) is 0 Å². The fourth-order valence-electron chi connectivity index (χ4n) is 2.15. The van der Waals surface area contributed by atoms with Crippen LogP contribution in [0.2, 0.25) is 0 Å². The molecule has 0 atom stereocenters. The summed E-state index contributed by atoms with van der Waals surface area (Å²) in [6.07, 6.45) is 3.61. The van der Waals surface area contributed by atoms with Crippen molar-refractivity contribution in [3.63, 3.8) is 0 Å². The average molecular weight is 262 g/mol. The molecule has 1 aromatic rings. The highest BCUT2D eigenvalue weighted by atomic mass is 16.4. The first-order chi connectivity index (χ1) is 8.94. The van der Waals surface area contributed by atoms with Crippen LogP contribution in [0.4, 0.5) is 0 Å². The van der Waals surface area contributed by atoms with E-state index in [0.717, 1.165) is 12.8 Å². The number of nitrogens with zero attached hydrogens (tertiary/aromatic N) is 1. The molecular weight excluding hydrogens is 244 g/mol. The van der Waals surface area contributed by atoms with Gasteiger partial charge in [0.1, 0.15) is 5.69 Å². The maximum absolute atomic E-state index is 11.9. The lowest BCUT2D eigenvalue weighted by Crippen LogP contribution is -2.33. The second-order valence-electron chi connectivity index (χ2n) is 5.43. The van der Waals surface area contributed by atoms with Crippen molar-refractivity contribution >= 4 is 11.9 Å². The van der Waals surface area contributed by atoms with Crippen LogP contribution in [0, 0.1) is 11.3 Å². The summed E-state index contributed by atoms with van der Waals surface area (Å²) in [4.78, 5) is 26.7. The van der Waals surface area contributed by atoms with Crippen LogP contribution in [-0.4, -0.2) is 28.5 Å². The number of carboxylic acid groups (broad SMARTS) is 1. The Morgan fingerprint density at radius 3 is 2.68 bits per heavy atom. The van der Waals surface area contributed by atoms with E-state index in [9.17, 15) is 9.59 Å². The Bertz CT molecular complexity index is 507. The molecule has 19 heavy (non-hydrogen) atoms. The predicted molar refractivity (Wildman–Crippen MR) is 70.0 cm³/mol. The third-order valence-electron chi connectivity index (χ3n) is 3.96. The summed E-state index contributed by atoms with van der Waals surface area (Å²) in [6, 6.07) is 2.67. The third-order valence-corrected chi connectivity index (χ3v) is 3.96. The van der Waals surface area contributed by atoms with Crippen molar-refractivity contribution in [2.75, 3.05) is 6.54 Å². The molecule has 1 aromatic heterocycles. The summed E-state index contributed by atoms with van der Waals surface area (Å²) in [7, 11) is 0. The molecule has 0 aromatic carbocycles. The lowest BCUT2D eigenvalue weighted by molar-refractivity contribution is 0.0696. The largest absolute Gasteiger partial charge is 0.478 e. The van der Waals surface area contributed by atoms with Crippen LogP contribution >= 0.6 is 0 Å². The number of rotatable bonds is 5. The zero-order valence-corrected chi connectivity index (χ0v) is 11.1. The molecule has 1 aliphatic carbocycles. The highest BCUT2D eigenvalue weighted by Crippen LogP contribution is 2.51. The van der Waals surface area contributed by atoms with Crippen molar-refractivity contribution < 1.29 is 14.7 Å².